The van der Waals surface area contributed by atoms with E-state index in [0.29, 0.717) is 5.75 Å². The lowest BCUT2D eigenvalue weighted by Crippen LogP contribution is -2.57. The second-order valence-electron chi connectivity index (χ2n) is 5.78. The molecule has 5 nitrogen and oxygen atoms in total. The number of urea groups is 1. The zero-order valence-electron chi connectivity index (χ0n) is 12.4. The molecule has 1 N–H and O–H groups in total. The van der Waals surface area contributed by atoms with Gasteiger partial charge in [0.2, 0.25) is 0 Å². The van der Waals surface area contributed by atoms with Gasteiger partial charge in [-0.25, -0.2) is 9.59 Å². The number of aliphatic carboxylic acids is 1. The van der Waals surface area contributed by atoms with Gasteiger partial charge in [0.05, 0.1) is 5.37 Å². The van der Waals surface area contributed by atoms with Crippen LogP contribution in [0.3, 0.4) is 0 Å². The number of carboxylic acids is 1. The summed E-state index contributed by atoms with van der Waals surface area (Å²) in [7, 11) is 0. The second kappa shape index (κ2) is 6.24. The molecule has 114 valence electrons. The van der Waals surface area contributed by atoms with Crippen LogP contribution in [0.25, 0.3) is 0 Å². The Morgan fingerprint density at radius 2 is 1.80 bits per heavy atom. The highest BCUT2D eigenvalue weighted by Gasteiger charge is 2.44. The minimum Gasteiger partial charge on any atom is -0.480 e. The van der Waals surface area contributed by atoms with Crippen LogP contribution in [0.4, 0.5) is 4.79 Å². The largest absolute Gasteiger partial charge is 0.480 e. The van der Waals surface area contributed by atoms with E-state index in [1.807, 2.05) is 11.8 Å². The highest BCUT2D eigenvalue weighted by molar-refractivity contribution is 8.00. The fourth-order valence-electron chi connectivity index (χ4n) is 3.26. The third kappa shape index (κ3) is 2.75. The first kappa shape index (κ1) is 15.5. The van der Waals surface area contributed by atoms with E-state index in [-0.39, 0.29) is 23.5 Å². The molecule has 6 heteroatoms. The number of hydrogen-bond acceptors (Lipinski definition) is 3. The van der Waals surface area contributed by atoms with Crippen LogP contribution in [-0.4, -0.2) is 56.2 Å². The molecule has 2 saturated heterocycles. The Hall–Kier alpha value is -0.910. The molecule has 2 unspecified atom stereocenters. The van der Waals surface area contributed by atoms with Gasteiger partial charge in [0.1, 0.15) is 6.04 Å². The molecule has 2 heterocycles. The number of hydrogen-bond donors (Lipinski definition) is 1. The summed E-state index contributed by atoms with van der Waals surface area (Å²) in [4.78, 5) is 27.8. The third-order valence-electron chi connectivity index (χ3n) is 4.36. The smallest absolute Gasteiger partial charge is 0.327 e. The minimum atomic E-state index is -0.890. The van der Waals surface area contributed by atoms with E-state index in [1.54, 1.807) is 16.7 Å². The van der Waals surface area contributed by atoms with Crippen molar-refractivity contribution in [2.75, 3.05) is 5.75 Å². The van der Waals surface area contributed by atoms with Crippen molar-refractivity contribution in [1.82, 2.24) is 9.80 Å². The quantitative estimate of drug-likeness (QED) is 0.851. The first-order valence-electron chi connectivity index (χ1n) is 7.42. The predicted octanol–water partition coefficient (Wildman–Crippen LogP) is 2.61. The monoisotopic (exact) mass is 300 g/mol. The number of amides is 2. The van der Waals surface area contributed by atoms with Gasteiger partial charge >= 0.3 is 12.0 Å². The zero-order chi connectivity index (χ0) is 14.9. The maximum atomic E-state index is 12.9. The lowest BCUT2D eigenvalue weighted by molar-refractivity contribution is -0.141. The number of rotatable bonds is 2. The van der Waals surface area contributed by atoms with Crippen molar-refractivity contribution in [2.24, 2.45) is 0 Å². The van der Waals surface area contributed by atoms with Gasteiger partial charge in [-0.05, 0) is 39.5 Å². The van der Waals surface area contributed by atoms with Crippen LogP contribution in [0.15, 0.2) is 0 Å². The number of carbonyl (C=O) groups is 2. The molecular formula is C14H24N2O3S. The maximum absolute atomic E-state index is 12.9. The Bertz CT molecular complexity index is 381. The molecule has 0 radical (unpaired) electrons. The maximum Gasteiger partial charge on any atom is 0.327 e. The Labute approximate surface area is 124 Å². The van der Waals surface area contributed by atoms with Crippen molar-refractivity contribution >= 4 is 23.8 Å². The van der Waals surface area contributed by atoms with E-state index in [9.17, 15) is 14.7 Å². The second-order valence-corrected chi connectivity index (χ2v) is 6.99. The summed E-state index contributed by atoms with van der Waals surface area (Å²) in [6, 6.07) is -0.375. The molecule has 2 amide bonds. The van der Waals surface area contributed by atoms with E-state index in [0.717, 1.165) is 25.7 Å². The van der Waals surface area contributed by atoms with Crippen molar-refractivity contribution in [2.45, 2.75) is 70.0 Å². The third-order valence-corrected chi connectivity index (χ3v) is 5.82. The summed E-state index contributed by atoms with van der Waals surface area (Å²) < 4.78 is 0. The first-order chi connectivity index (χ1) is 9.47. The van der Waals surface area contributed by atoms with Gasteiger partial charge in [-0.15, -0.1) is 11.8 Å². The fraction of sp³-hybridized carbons (Fsp3) is 0.857. The number of likely N-dealkylation sites (tertiary alicyclic amines) is 1. The zero-order valence-corrected chi connectivity index (χ0v) is 13.2. The van der Waals surface area contributed by atoms with E-state index in [1.165, 1.54) is 0 Å². The predicted molar refractivity (Wildman–Crippen MR) is 79.8 cm³/mol. The summed E-state index contributed by atoms with van der Waals surface area (Å²) in [5.74, 6) is -0.393. The number of thioether (sulfide) groups is 1. The molecule has 20 heavy (non-hydrogen) atoms. The molecule has 2 aliphatic heterocycles. The highest BCUT2D eigenvalue weighted by atomic mass is 32.2. The fourth-order valence-corrected chi connectivity index (χ4v) is 4.60. The van der Waals surface area contributed by atoms with Crippen LogP contribution < -0.4 is 0 Å². The Balaban J connectivity index is 2.21. The molecule has 0 saturated carbocycles. The SMILES string of the molecule is CCC1SCC(C(=O)O)N1C(=O)N1[C@H](C)CCC[C@@H]1C. The summed E-state index contributed by atoms with van der Waals surface area (Å²) in [5.41, 5.74) is 0. The Morgan fingerprint density at radius 1 is 1.20 bits per heavy atom. The van der Waals surface area contributed by atoms with E-state index < -0.39 is 12.0 Å². The van der Waals surface area contributed by atoms with E-state index in [4.69, 9.17) is 0 Å². The first-order valence-corrected chi connectivity index (χ1v) is 8.47. The van der Waals surface area contributed by atoms with Crippen molar-refractivity contribution in [1.29, 1.82) is 0 Å². The van der Waals surface area contributed by atoms with Gasteiger partial charge in [-0.2, -0.15) is 0 Å². The van der Waals surface area contributed by atoms with Gasteiger partial charge < -0.3 is 10.0 Å². The number of carboxylic acid groups (broad SMARTS) is 1. The van der Waals surface area contributed by atoms with E-state index in [2.05, 4.69) is 13.8 Å². The topological polar surface area (TPSA) is 60.9 Å². The minimum absolute atomic E-state index is 0.00933. The van der Waals surface area contributed by atoms with Gasteiger partial charge in [-0.3, -0.25) is 4.90 Å². The summed E-state index contributed by atoms with van der Waals surface area (Å²) in [6.07, 6.45) is 3.94. The molecular weight excluding hydrogens is 276 g/mol. The van der Waals surface area contributed by atoms with Gasteiger partial charge in [-0.1, -0.05) is 6.92 Å². The summed E-state index contributed by atoms with van der Waals surface area (Å²) >= 11 is 1.58. The highest BCUT2D eigenvalue weighted by Crippen LogP contribution is 2.34. The van der Waals surface area contributed by atoms with Crippen LogP contribution >= 0.6 is 11.8 Å². The van der Waals surface area contributed by atoms with Gasteiger partial charge in [0.15, 0.2) is 0 Å². The van der Waals surface area contributed by atoms with Crippen molar-refractivity contribution < 1.29 is 14.7 Å². The standard InChI is InChI=1S/C14H24N2O3S/c1-4-12-16(11(8-20-12)13(17)18)14(19)15-9(2)6-5-7-10(15)3/h9-12H,4-8H2,1-3H3,(H,17,18)/t9-,10+,11?,12?. The Kier molecular flexibility index (Phi) is 4.83. The number of nitrogens with zero attached hydrogens (tertiary/aromatic N) is 2. The van der Waals surface area contributed by atoms with Gasteiger partial charge in [0, 0.05) is 17.8 Å². The molecule has 0 aromatic rings. The molecule has 0 aliphatic carbocycles. The average Bonchev–Trinajstić information content (AvgIpc) is 2.82. The van der Waals surface area contributed by atoms with Crippen molar-refractivity contribution in [3.8, 4) is 0 Å². The van der Waals surface area contributed by atoms with E-state index >= 15 is 0 Å². The van der Waals surface area contributed by atoms with Crippen LogP contribution in [0.2, 0.25) is 0 Å². The van der Waals surface area contributed by atoms with Crippen LogP contribution in [0, 0.1) is 0 Å². The molecule has 2 aliphatic rings. The molecule has 2 fully saturated rings. The molecule has 0 aromatic heterocycles. The van der Waals surface area contributed by atoms with Crippen LogP contribution in [-0.2, 0) is 4.79 Å². The van der Waals surface area contributed by atoms with Gasteiger partial charge in [0.25, 0.3) is 0 Å². The molecule has 4 atom stereocenters. The number of piperidine rings is 1. The van der Waals surface area contributed by atoms with Crippen molar-refractivity contribution in [3.05, 3.63) is 0 Å². The normalized spacial score (nSPS) is 34.4. The number of carbonyl (C=O) groups excluding carboxylic acids is 1. The average molecular weight is 300 g/mol. The summed E-state index contributed by atoms with van der Waals surface area (Å²) in [6.45, 7) is 6.13. The Morgan fingerprint density at radius 3 is 2.30 bits per heavy atom. The lowest BCUT2D eigenvalue weighted by Gasteiger charge is -2.42. The molecule has 2 rings (SSSR count). The van der Waals surface area contributed by atoms with Crippen molar-refractivity contribution in [3.63, 3.8) is 0 Å². The molecule has 0 aromatic carbocycles. The molecule has 0 bridgehead atoms. The van der Waals surface area contributed by atoms with Crippen LogP contribution in [0.1, 0.15) is 46.5 Å². The summed E-state index contributed by atoms with van der Waals surface area (Å²) in [5, 5.41) is 9.34. The molecule has 0 spiro atoms. The lowest BCUT2D eigenvalue weighted by atomic mass is 9.98. The van der Waals surface area contributed by atoms with Crippen LogP contribution in [0.5, 0.6) is 0 Å².